The smallest absolute Gasteiger partial charge is 0.258 e. The lowest BCUT2D eigenvalue weighted by Gasteiger charge is -2.36. The summed E-state index contributed by atoms with van der Waals surface area (Å²) in [6.07, 6.45) is 13.9. The zero-order valence-electron chi connectivity index (χ0n) is 35.6. The Morgan fingerprint density at radius 2 is 0.967 bits per heavy atom. The van der Waals surface area contributed by atoms with E-state index in [1.807, 2.05) is 47.9 Å². The van der Waals surface area contributed by atoms with Crippen LogP contribution in [-0.2, 0) is 32.3 Å². The van der Waals surface area contributed by atoms with Crippen molar-refractivity contribution in [3.63, 3.8) is 0 Å². The Hall–Kier alpha value is -4.82. The standard InChI is InChI=1S/2C23H31N3O4/c2*1-3-8-15-9-10-18-20-16(13-25(18)22(15)29)17(14-27)21(26(20)19(28)4-2)23(30)24-11-6-5-7-12-24/h2*3,8-10,16-17,20-21,27H,4-7,11-14H2,1-2H3/b8-3+;8-3-/t2*16-,17-,20+,21-/m00/s1. The van der Waals surface area contributed by atoms with E-state index >= 15 is 0 Å². The normalized spacial score (nSPS) is 28.1. The lowest BCUT2D eigenvalue weighted by atomic mass is 9.88. The Kier molecular flexibility index (Phi) is 13.3. The minimum atomic E-state index is -0.658. The number of hydrogen-bond acceptors (Lipinski definition) is 8. The summed E-state index contributed by atoms with van der Waals surface area (Å²) in [6.45, 7) is 10.6. The second-order valence-electron chi connectivity index (χ2n) is 17.1. The minimum Gasteiger partial charge on any atom is -0.396 e. The molecule has 2 aromatic heterocycles. The molecule has 0 aliphatic carbocycles. The molecule has 6 aliphatic heterocycles. The fourth-order valence-electron chi connectivity index (χ4n) is 11.1. The number of carbonyl (C=O) groups excluding carboxylic acids is 4. The second-order valence-corrected chi connectivity index (χ2v) is 17.1. The van der Waals surface area contributed by atoms with Gasteiger partial charge in [0.25, 0.3) is 11.1 Å². The molecule has 0 aromatic carbocycles. The molecule has 324 valence electrons. The molecule has 14 nitrogen and oxygen atoms in total. The Morgan fingerprint density at radius 1 is 0.600 bits per heavy atom. The number of piperidine rings is 2. The van der Waals surface area contributed by atoms with E-state index < -0.39 is 12.1 Å². The summed E-state index contributed by atoms with van der Waals surface area (Å²) in [7, 11) is 0. The molecule has 2 aromatic rings. The van der Waals surface area contributed by atoms with Gasteiger partial charge in [0, 0.05) is 112 Å². The number of fused-ring (bicyclic) bond motifs is 6. The zero-order valence-corrected chi connectivity index (χ0v) is 35.6. The van der Waals surface area contributed by atoms with Crippen LogP contribution in [0.3, 0.4) is 0 Å². The van der Waals surface area contributed by atoms with Gasteiger partial charge in [0.1, 0.15) is 12.1 Å². The van der Waals surface area contributed by atoms with Crippen LogP contribution in [0.5, 0.6) is 0 Å². The first kappa shape index (κ1) is 43.3. The molecular formula is C46H62N6O8. The molecule has 0 spiro atoms. The van der Waals surface area contributed by atoms with E-state index in [0.29, 0.717) is 50.4 Å². The number of carbonyl (C=O) groups is 4. The Bertz CT molecular complexity index is 1980. The lowest BCUT2D eigenvalue weighted by molar-refractivity contribution is -0.147. The molecule has 4 fully saturated rings. The molecule has 0 bridgehead atoms. The average Bonchev–Trinajstić information content (AvgIpc) is 4.02. The van der Waals surface area contributed by atoms with E-state index in [9.17, 15) is 39.0 Å². The summed E-state index contributed by atoms with van der Waals surface area (Å²) in [5.41, 5.74) is 2.59. The Morgan fingerprint density at radius 3 is 1.28 bits per heavy atom. The third kappa shape index (κ3) is 7.47. The van der Waals surface area contributed by atoms with Crippen molar-refractivity contribution < 1.29 is 29.4 Å². The lowest BCUT2D eigenvalue weighted by Crippen LogP contribution is -2.52. The van der Waals surface area contributed by atoms with Crippen molar-refractivity contribution in [1.82, 2.24) is 28.7 Å². The molecule has 6 aliphatic rings. The molecule has 14 heteroatoms. The Balaban J connectivity index is 0.000000181. The van der Waals surface area contributed by atoms with Crippen LogP contribution in [0.25, 0.3) is 12.2 Å². The number of allylic oxidation sites excluding steroid dienone is 2. The summed E-state index contributed by atoms with van der Waals surface area (Å²) >= 11 is 0. The molecule has 0 saturated carbocycles. The fourth-order valence-corrected chi connectivity index (χ4v) is 11.1. The first-order valence-electron chi connectivity index (χ1n) is 22.2. The quantitative estimate of drug-likeness (QED) is 0.408. The van der Waals surface area contributed by atoms with E-state index in [4.69, 9.17) is 0 Å². The van der Waals surface area contributed by atoms with E-state index in [0.717, 1.165) is 49.9 Å². The van der Waals surface area contributed by atoms with Gasteiger partial charge in [-0.25, -0.2) is 0 Å². The van der Waals surface area contributed by atoms with Crippen LogP contribution in [0.15, 0.2) is 46.0 Å². The molecule has 0 radical (unpaired) electrons. The summed E-state index contributed by atoms with van der Waals surface area (Å²) in [6, 6.07) is 5.38. The van der Waals surface area contributed by atoms with E-state index in [1.54, 1.807) is 57.1 Å². The van der Waals surface area contributed by atoms with Crippen LogP contribution in [0.1, 0.15) is 114 Å². The van der Waals surface area contributed by atoms with Crippen molar-refractivity contribution in [3.8, 4) is 0 Å². The van der Waals surface area contributed by atoms with Crippen LogP contribution in [-0.4, -0.2) is 114 Å². The van der Waals surface area contributed by atoms with Crippen molar-refractivity contribution in [2.24, 2.45) is 23.7 Å². The highest BCUT2D eigenvalue weighted by Crippen LogP contribution is 2.51. The summed E-state index contributed by atoms with van der Waals surface area (Å²) in [4.78, 5) is 86.1. The monoisotopic (exact) mass is 826 g/mol. The van der Waals surface area contributed by atoms with Gasteiger partial charge >= 0.3 is 0 Å². The number of nitrogens with zero attached hydrogens (tertiary/aromatic N) is 6. The first-order valence-corrected chi connectivity index (χ1v) is 22.2. The maximum Gasteiger partial charge on any atom is 0.258 e. The van der Waals surface area contributed by atoms with Crippen molar-refractivity contribution in [2.75, 3.05) is 39.4 Å². The molecule has 8 atom stereocenters. The van der Waals surface area contributed by atoms with Crippen LogP contribution >= 0.6 is 0 Å². The molecule has 0 unspecified atom stereocenters. The number of aliphatic hydroxyl groups excluding tert-OH is 2. The third-order valence-corrected chi connectivity index (χ3v) is 13.9. The van der Waals surface area contributed by atoms with E-state index in [2.05, 4.69) is 0 Å². The Labute approximate surface area is 352 Å². The summed E-state index contributed by atoms with van der Waals surface area (Å²) in [5.74, 6) is -1.33. The maximum atomic E-state index is 13.5. The van der Waals surface area contributed by atoms with Gasteiger partial charge in [-0.1, -0.05) is 38.2 Å². The molecular weight excluding hydrogens is 765 g/mol. The van der Waals surface area contributed by atoms with Gasteiger partial charge in [0.15, 0.2) is 0 Å². The van der Waals surface area contributed by atoms with Crippen LogP contribution in [0.4, 0.5) is 0 Å². The number of aliphatic hydroxyl groups is 2. The highest BCUT2D eigenvalue weighted by molar-refractivity contribution is 5.90. The van der Waals surface area contributed by atoms with Crippen molar-refractivity contribution in [3.05, 3.63) is 79.6 Å². The van der Waals surface area contributed by atoms with Gasteiger partial charge in [0.2, 0.25) is 23.6 Å². The van der Waals surface area contributed by atoms with Gasteiger partial charge in [-0.3, -0.25) is 28.8 Å². The average molecular weight is 827 g/mol. The molecule has 2 N–H and O–H groups in total. The first-order chi connectivity index (χ1) is 29.1. The van der Waals surface area contributed by atoms with Crippen LogP contribution in [0.2, 0.25) is 0 Å². The third-order valence-electron chi connectivity index (χ3n) is 13.9. The van der Waals surface area contributed by atoms with E-state index in [-0.39, 0.29) is 96.6 Å². The van der Waals surface area contributed by atoms with Gasteiger partial charge in [-0.15, -0.1) is 0 Å². The predicted octanol–water partition coefficient (Wildman–Crippen LogP) is 3.59. The number of hydrogen-bond donors (Lipinski definition) is 2. The molecule has 60 heavy (non-hydrogen) atoms. The highest BCUT2D eigenvalue weighted by Gasteiger charge is 2.59. The van der Waals surface area contributed by atoms with Crippen LogP contribution < -0.4 is 11.1 Å². The predicted molar refractivity (Wildman–Crippen MR) is 227 cm³/mol. The number of amides is 4. The summed E-state index contributed by atoms with van der Waals surface area (Å²) in [5, 5.41) is 20.6. The number of rotatable bonds is 8. The fraction of sp³-hybridized carbons (Fsp3) is 0.609. The van der Waals surface area contributed by atoms with Crippen molar-refractivity contribution in [1.29, 1.82) is 0 Å². The zero-order chi connectivity index (χ0) is 42.8. The van der Waals surface area contributed by atoms with Gasteiger partial charge in [0.05, 0.1) is 12.1 Å². The number of likely N-dealkylation sites (tertiary alicyclic amines) is 4. The van der Waals surface area contributed by atoms with Gasteiger partial charge in [-0.05, 0) is 76.6 Å². The number of aromatic nitrogens is 2. The highest BCUT2D eigenvalue weighted by atomic mass is 16.3. The largest absolute Gasteiger partial charge is 0.396 e. The van der Waals surface area contributed by atoms with Gasteiger partial charge in [-0.2, -0.15) is 0 Å². The minimum absolute atomic E-state index is 0.0515. The molecule has 8 rings (SSSR count). The second kappa shape index (κ2) is 18.4. The SMILES string of the molecule is C/C=C/c1ccc2n(c1=O)C[C@H]1[C@H](CO)[C@@H](C(=O)N3CCCCC3)N(C(=O)CC)[C@@H]21.C/C=C\c1ccc2n(c1=O)C[C@H]1[C@H](CO)[C@@H](C(=O)N3CCCCC3)N(C(=O)CC)[C@@H]21. The molecule has 8 heterocycles. The van der Waals surface area contributed by atoms with Crippen LogP contribution in [0, 0.1) is 23.7 Å². The van der Waals surface area contributed by atoms with Gasteiger partial charge < -0.3 is 38.9 Å². The summed E-state index contributed by atoms with van der Waals surface area (Å²) < 4.78 is 3.45. The van der Waals surface area contributed by atoms with Crippen molar-refractivity contribution >= 4 is 35.8 Å². The molecule has 4 saturated heterocycles. The topological polar surface area (TPSA) is 166 Å². The van der Waals surface area contributed by atoms with Crippen molar-refractivity contribution in [2.45, 2.75) is 116 Å². The molecule has 4 amide bonds. The van der Waals surface area contributed by atoms with E-state index in [1.165, 1.54) is 0 Å². The maximum absolute atomic E-state index is 13.5. The number of pyridine rings is 2.